The highest BCUT2D eigenvalue weighted by Gasteiger charge is 2.72. The zero-order valence-electron chi connectivity index (χ0n) is 51.9. The number of ketones is 1. The predicted molar refractivity (Wildman–Crippen MR) is 301 cm³/mol. The van der Waals surface area contributed by atoms with Crippen molar-refractivity contribution in [1.82, 2.24) is 0 Å². The summed E-state index contributed by atoms with van der Waals surface area (Å²) in [6, 6.07) is 0. The molecule has 0 aromatic carbocycles. The van der Waals surface area contributed by atoms with E-state index in [1.165, 1.54) is 13.8 Å². The number of carbonyl (C=O) groups excluding carboxylic acids is 1. The topological polar surface area (TPSA) is 494 Å². The van der Waals surface area contributed by atoms with Gasteiger partial charge in [-0.3, -0.25) is 4.79 Å². The van der Waals surface area contributed by atoms with E-state index < -0.39 is 239 Å². The van der Waals surface area contributed by atoms with E-state index in [1.54, 1.807) is 0 Å². The summed E-state index contributed by atoms with van der Waals surface area (Å²) in [5, 5.41) is 204. The lowest BCUT2D eigenvalue weighted by atomic mass is 9.38. The fourth-order valence-corrected chi connectivity index (χ4v) is 16.8. The molecule has 3 saturated carbocycles. The highest BCUT2D eigenvalue weighted by Crippen LogP contribution is 2.74. The number of allylic oxidation sites excluding steroid dienone is 1. The monoisotopic (exact) mass is 1300 g/mol. The van der Waals surface area contributed by atoms with E-state index in [-0.39, 0.29) is 36.4 Å². The number of aliphatic hydroxyl groups is 19. The highest BCUT2D eigenvalue weighted by atomic mass is 16.8. The third-order valence-corrected chi connectivity index (χ3v) is 22.6. The normalized spacial score (nSPS) is 50.5. The van der Waals surface area contributed by atoms with Gasteiger partial charge in [-0.25, -0.2) is 0 Å². The van der Waals surface area contributed by atoms with Gasteiger partial charge in [0.05, 0.1) is 62.9 Å². The summed E-state index contributed by atoms with van der Waals surface area (Å²) < 4.78 is 59.1. The van der Waals surface area contributed by atoms with Gasteiger partial charge in [0.1, 0.15) is 128 Å². The number of rotatable bonds is 21. The van der Waals surface area contributed by atoms with Crippen LogP contribution in [0.3, 0.4) is 0 Å². The molecule has 5 heterocycles. The molecule has 30 heteroatoms. The third-order valence-electron chi connectivity index (χ3n) is 22.6. The first-order valence-electron chi connectivity index (χ1n) is 31.6. The lowest BCUT2D eigenvalue weighted by Gasteiger charge is -2.65. The standard InChI is InChI=1S/C60H100O30/c1-23(8-12-35(57(4,5)80)89-55-50(90-54-49(79)43(73)38(68)29(19-63)85-54)45(75)40(70)31(87-55)21-82-52-47(77)42(72)37(67)28(18-62)84-52)24-14-15-58(6)32-11-9-25-26(60(32,22-64)33(65)16-59(24,58)7)10-13-34(56(25,2)3)88-53-48(78)44(74)39(69)30(86-53)20-81-51-46(76)41(71)36(66)27(17-61)83-51/h9,23-24,26-32,34-55,61-64,66-80H,8,10-22H2,1-7H3. The molecule has 9 rings (SSSR count). The van der Waals surface area contributed by atoms with Crippen molar-refractivity contribution in [2.45, 2.75) is 271 Å². The number of carbonyl (C=O) groups is 1. The van der Waals surface area contributed by atoms with Crippen LogP contribution in [0.25, 0.3) is 0 Å². The first kappa shape index (κ1) is 72.5. The predicted octanol–water partition coefficient (Wildman–Crippen LogP) is -6.23. The van der Waals surface area contributed by atoms with Crippen molar-refractivity contribution in [3.05, 3.63) is 11.6 Å². The van der Waals surface area contributed by atoms with E-state index >= 15 is 4.79 Å². The maximum absolute atomic E-state index is 15.4. The summed E-state index contributed by atoms with van der Waals surface area (Å²) in [5.74, 6) is -1.01. The fraction of sp³-hybridized carbons (Fsp3) is 0.950. The van der Waals surface area contributed by atoms with Crippen LogP contribution in [-0.2, 0) is 52.2 Å². The Hall–Kier alpha value is -1.75. The Morgan fingerprint density at radius 1 is 0.544 bits per heavy atom. The average molecular weight is 1300 g/mol. The molecule has 9 aliphatic rings. The molecule has 34 atom stereocenters. The minimum absolute atomic E-state index is 0.0753. The average Bonchev–Trinajstić information content (AvgIpc) is 1.28. The van der Waals surface area contributed by atoms with Gasteiger partial charge in [-0.15, -0.1) is 0 Å². The number of ether oxygens (including phenoxy) is 10. The third kappa shape index (κ3) is 12.9. The van der Waals surface area contributed by atoms with Gasteiger partial charge in [0.15, 0.2) is 31.5 Å². The van der Waals surface area contributed by atoms with Crippen LogP contribution in [0, 0.1) is 45.3 Å². The lowest BCUT2D eigenvalue weighted by Crippen LogP contribution is -2.66. The van der Waals surface area contributed by atoms with Crippen LogP contribution < -0.4 is 0 Å². The van der Waals surface area contributed by atoms with Gasteiger partial charge in [0.2, 0.25) is 0 Å². The summed E-state index contributed by atoms with van der Waals surface area (Å²) in [5.41, 5.74) is -3.91. The second-order valence-corrected chi connectivity index (χ2v) is 28.4. The molecular formula is C60H100O30. The molecule has 0 spiro atoms. The summed E-state index contributed by atoms with van der Waals surface area (Å²) in [7, 11) is 0. The molecule has 520 valence electrons. The molecule has 5 saturated heterocycles. The van der Waals surface area contributed by atoms with E-state index in [0.29, 0.717) is 38.5 Å². The van der Waals surface area contributed by atoms with Crippen LogP contribution >= 0.6 is 0 Å². The van der Waals surface area contributed by atoms with Crippen LogP contribution in [0.4, 0.5) is 0 Å². The van der Waals surface area contributed by atoms with Gasteiger partial charge >= 0.3 is 0 Å². The minimum atomic E-state index is -1.98. The largest absolute Gasteiger partial charge is 0.395 e. The van der Waals surface area contributed by atoms with Crippen LogP contribution in [-0.4, -0.2) is 314 Å². The number of hydrogen-bond donors (Lipinski definition) is 19. The maximum atomic E-state index is 15.4. The zero-order chi connectivity index (χ0) is 66.2. The molecule has 0 bridgehead atoms. The molecule has 90 heavy (non-hydrogen) atoms. The maximum Gasteiger partial charge on any atom is 0.187 e. The van der Waals surface area contributed by atoms with Crippen LogP contribution in [0.2, 0.25) is 0 Å². The Morgan fingerprint density at radius 3 is 1.48 bits per heavy atom. The first-order chi connectivity index (χ1) is 42.2. The number of aliphatic hydroxyl groups excluding tert-OH is 18. The van der Waals surface area contributed by atoms with Gasteiger partial charge in [-0.1, -0.05) is 46.3 Å². The zero-order valence-corrected chi connectivity index (χ0v) is 51.9. The molecule has 0 aromatic heterocycles. The van der Waals surface area contributed by atoms with E-state index in [0.717, 1.165) is 5.57 Å². The number of fused-ring (bicyclic) bond motifs is 5. The lowest BCUT2D eigenvalue weighted by molar-refractivity contribution is -0.380. The van der Waals surface area contributed by atoms with Crippen molar-refractivity contribution < 1.29 is 149 Å². The molecule has 30 nitrogen and oxygen atoms in total. The minimum Gasteiger partial charge on any atom is -0.395 e. The van der Waals surface area contributed by atoms with Crippen molar-refractivity contribution in [3.63, 3.8) is 0 Å². The van der Waals surface area contributed by atoms with E-state index in [2.05, 4.69) is 26.8 Å². The molecule has 8 fully saturated rings. The summed E-state index contributed by atoms with van der Waals surface area (Å²) in [6.07, 6.45) is -38.9. The Labute approximate surface area is 521 Å². The summed E-state index contributed by atoms with van der Waals surface area (Å²) in [4.78, 5) is 15.4. The Kier molecular flexibility index (Phi) is 22.6. The second kappa shape index (κ2) is 28.0. The van der Waals surface area contributed by atoms with Crippen molar-refractivity contribution in [2.75, 3.05) is 39.6 Å². The van der Waals surface area contributed by atoms with E-state index in [9.17, 15) is 97.0 Å². The fourth-order valence-electron chi connectivity index (χ4n) is 16.8. The number of Topliss-reactive ketones (excluding diaryl/α,β-unsaturated/α-hetero) is 1. The molecule has 34 unspecified atom stereocenters. The van der Waals surface area contributed by atoms with Gasteiger partial charge in [0, 0.05) is 11.8 Å². The highest BCUT2D eigenvalue weighted by molar-refractivity contribution is 5.89. The van der Waals surface area contributed by atoms with Gasteiger partial charge in [-0.2, -0.15) is 0 Å². The quantitative estimate of drug-likeness (QED) is 0.0476. The number of hydrogen-bond acceptors (Lipinski definition) is 30. The van der Waals surface area contributed by atoms with Gasteiger partial charge in [-0.05, 0) is 93.3 Å². The van der Waals surface area contributed by atoms with Crippen molar-refractivity contribution in [3.8, 4) is 0 Å². The molecule has 0 aromatic rings. The van der Waals surface area contributed by atoms with Gasteiger partial charge in [0.25, 0.3) is 0 Å². The van der Waals surface area contributed by atoms with Crippen LogP contribution in [0.15, 0.2) is 11.6 Å². The van der Waals surface area contributed by atoms with Crippen molar-refractivity contribution in [2.24, 2.45) is 45.3 Å². The first-order valence-corrected chi connectivity index (χ1v) is 31.6. The molecule has 5 aliphatic heterocycles. The van der Waals surface area contributed by atoms with E-state index in [1.807, 2.05) is 13.8 Å². The molecule has 19 N–H and O–H groups in total. The van der Waals surface area contributed by atoms with Crippen LogP contribution in [0.1, 0.15) is 99.8 Å². The molecule has 0 radical (unpaired) electrons. The second-order valence-electron chi connectivity index (χ2n) is 28.4. The summed E-state index contributed by atoms with van der Waals surface area (Å²) >= 11 is 0. The smallest absolute Gasteiger partial charge is 0.187 e. The van der Waals surface area contributed by atoms with Crippen molar-refractivity contribution in [1.29, 1.82) is 0 Å². The molecule has 0 amide bonds. The Bertz CT molecular complexity index is 2410. The van der Waals surface area contributed by atoms with E-state index in [4.69, 9.17) is 47.4 Å². The summed E-state index contributed by atoms with van der Waals surface area (Å²) in [6.45, 7) is 9.28. The van der Waals surface area contributed by atoms with Crippen LogP contribution in [0.5, 0.6) is 0 Å². The SMILES string of the molecule is CC(CCC(OC1OC(COC2OC(CO)C(O)C(O)C2O)C(O)C(O)C1OC1OC(CO)C(O)C(O)C1O)C(C)(C)O)C1CCC2(C)C3CC=C4C(CCC(OC5OC(COC6OC(CO)C(O)C(O)C6O)C(O)C(O)C5O)C4(C)C)C3(CO)C(=O)CC12C. The van der Waals surface area contributed by atoms with Crippen molar-refractivity contribution >= 4 is 5.78 Å². The van der Waals surface area contributed by atoms with Gasteiger partial charge < -0.3 is 144 Å². The Balaban J connectivity index is 0.894. The Morgan fingerprint density at radius 2 is 0.989 bits per heavy atom. The molecular weight excluding hydrogens is 1200 g/mol. The molecule has 4 aliphatic carbocycles.